The number of halogens is 1. The Morgan fingerprint density at radius 2 is 2.14 bits per heavy atom. The van der Waals surface area contributed by atoms with E-state index in [0.29, 0.717) is 24.3 Å². The first-order valence-corrected chi connectivity index (χ1v) is 6.43. The molecule has 21 heavy (non-hydrogen) atoms. The number of esters is 1. The number of pyridine rings is 1. The number of hydrogen-bond donors (Lipinski definition) is 2. The molecule has 6 heteroatoms. The molecule has 5 nitrogen and oxygen atoms in total. The van der Waals surface area contributed by atoms with Crippen molar-refractivity contribution >= 4 is 17.5 Å². The minimum absolute atomic E-state index is 0.220. The van der Waals surface area contributed by atoms with Gasteiger partial charge >= 0.3 is 5.97 Å². The van der Waals surface area contributed by atoms with E-state index < -0.39 is 5.97 Å². The van der Waals surface area contributed by atoms with E-state index >= 15 is 0 Å². The normalized spacial score (nSPS) is 10.2. The van der Waals surface area contributed by atoms with Gasteiger partial charge in [0.2, 0.25) is 0 Å². The highest BCUT2D eigenvalue weighted by Gasteiger charge is 2.13. The third-order valence-corrected chi connectivity index (χ3v) is 3.04. The van der Waals surface area contributed by atoms with Gasteiger partial charge in [-0.15, -0.1) is 0 Å². The monoisotopic (exact) mass is 289 g/mol. The second kappa shape index (κ2) is 6.69. The maximum Gasteiger partial charge on any atom is 0.340 e. The van der Waals surface area contributed by atoms with E-state index in [2.05, 4.69) is 15.0 Å². The number of nitrogens with two attached hydrogens (primary N) is 1. The summed E-state index contributed by atoms with van der Waals surface area (Å²) in [7, 11) is 1.29. The molecule has 0 unspecified atom stereocenters. The molecule has 2 aromatic rings. The Labute approximate surface area is 121 Å². The van der Waals surface area contributed by atoms with E-state index in [-0.39, 0.29) is 17.1 Å². The Balaban J connectivity index is 2.04. The highest BCUT2D eigenvalue weighted by atomic mass is 19.1. The van der Waals surface area contributed by atoms with Crippen molar-refractivity contribution in [1.82, 2.24) is 4.98 Å². The van der Waals surface area contributed by atoms with Crippen LogP contribution in [-0.2, 0) is 11.2 Å². The molecular weight excluding hydrogens is 273 g/mol. The van der Waals surface area contributed by atoms with Crippen LogP contribution in [0.2, 0.25) is 0 Å². The summed E-state index contributed by atoms with van der Waals surface area (Å²) < 4.78 is 18.1. The van der Waals surface area contributed by atoms with E-state index in [9.17, 15) is 9.18 Å². The lowest BCUT2D eigenvalue weighted by Crippen LogP contribution is -2.13. The van der Waals surface area contributed by atoms with Gasteiger partial charge in [0, 0.05) is 12.7 Å². The molecule has 1 heterocycles. The van der Waals surface area contributed by atoms with Crippen LogP contribution in [0.25, 0.3) is 0 Å². The zero-order valence-electron chi connectivity index (χ0n) is 11.6. The topological polar surface area (TPSA) is 77.2 Å². The van der Waals surface area contributed by atoms with Crippen LogP contribution in [0.15, 0.2) is 36.5 Å². The van der Waals surface area contributed by atoms with Crippen molar-refractivity contribution in [2.24, 2.45) is 0 Å². The van der Waals surface area contributed by atoms with Gasteiger partial charge in [0.1, 0.15) is 11.6 Å². The maximum absolute atomic E-state index is 13.5. The molecule has 0 atom stereocenters. The summed E-state index contributed by atoms with van der Waals surface area (Å²) in [6.07, 6.45) is 1.95. The van der Waals surface area contributed by atoms with E-state index in [1.54, 1.807) is 18.2 Å². The first-order valence-electron chi connectivity index (χ1n) is 6.43. The second-order valence-corrected chi connectivity index (χ2v) is 4.38. The Morgan fingerprint density at radius 1 is 1.38 bits per heavy atom. The van der Waals surface area contributed by atoms with Crippen molar-refractivity contribution in [3.63, 3.8) is 0 Å². The van der Waals surface area contributed by atoms with Crippen molar-refractivity contribution in [3.8, 4) is 0 Å². The molecule has 0 spiro atoms. The number of rotatable bonds is 5. The second-order valence-electron chi connectivity index (χ2n) is 4.38. The summed E-state index contributed by atoms with van der Waals surface area (Å²) >= 11 is 0. The number of hydrogen-bond acceptors (Lipinski definition) is 5. The van der Waals surface area contributed by atoms with Crippen molar-refractivity contribution in [1.29, 1.82) is 0 Å². The molecule has 0 fully saturated rings. The van der Waals surface area contributed by atoms with E-state index in [0.717, 1.165) is 0 Å². The van der Waals surface area contributed by atoms with E-state index in [1.807, 2.05) is 0 Å². The predicted octanol–water partition coefficient (Wildman–Crippen LogP) is 2.24. The lowest BCUT2D eigenvalue weighted by atomic mass is 10.1. The standard InChI is InChI=1S/C15H16FN3O2/c1-21-15(20)11-7-9-19-14(13(11)17)18-8-6-10-4-2-3-5-12(10)16/h2-5,7,9H,6,8,17H2,1H3,(H,18,19). The molecule has 0 aliphatic rings. The lowest BCUT2D eigenvalue weighted by molar-refractivity contribution is 0.0602. The molecular formula is C15H16FN3O2. The number of ether oxygens (including phenoxy) is 1. The summed E-state index contributed by atoms with van der Waals surface area (Å²) in [5.41, 5.74) is 6.94. The fourth-order valence-electron chi connectivity index (χ4n) is 1.92. The van der Waals surface area contributed by atoms with Crippen LogP contribution in [0, 0.1) is 5.82 Å². The number of methoxy groups -OCH3 is 1. The first-order chi connectivity index (χ1) is 10.1. The zero-order valence-corrected chi connectivity index (χ0v) is 11.6. The van der Waals surface area contributed by atoms with E-state index in [1.165, 1.54) is 25.4 Å². The Hall–Kier alpha value is -2.63. The van der Waals surface area contributed by atoms with Gasteiger partial charge in [0.25, 0.3) is 0 Å². The van der Waals surface area contributed by atoms with Crippen LogP contribution in [-0.4, -0.2) is 24.6 Å². The number of benzene rings is 1. The number of nitrogen functional groups attached to an aromatic ring is 1. The van der Waals surface area contributed by atoms with Gasteiger partial charge in [0.15, 0.2) is 0 Å². The third-order valence-electron chi connectivity index (χ3n) is 3.04. The SMILES string of the molecule is COC(=O)c1ccnc(NCCc2ccccc2F)c1N. The molecule has 110 valence electrons. The minimum atomic E-state index is -0.521. The highest BCUT2D eigenvalue weighted by Crippen LogP contribution is 2.20. The number of nitrogens with one attached hydrogen (secondary N) is 1. The molecule has 1 aromatic carbocycles. The fraction of sp³-hybridized carbons (Fsp3) is 0.200. The Bertz CT molecular complexity index is 647. The molecule has 0 amide bonds. The number of carbonyl (C=O) groups is 1. The van der Waals surface area contributed by atoms with Gasteiger partial charge in [-0.3, -0.25) is 0 Å². The van der Waals surface area contributed by atoms with Crippen molar-refractivity contribution in [2.45, 2.75) is 6.42 Å². The first kappa shape index (κ1) is 14.8. The summed E-state index contributed by atoms with van der Waals surface area (Å²) in [5, 5.41) is 3.00. The number of nitrogens with zero attached hydrogens (tertiary/aromatic N) is 1. The van der Waals surface area contributed by atoms with Gasteiger partial charge in [-0.25, -0.2) is 14.2 Å². The zero-order chi connectivity index (χ0) is 15.2. The average Bonchev–Trinajstić information content (AvgIpc) is 2.50. The van der Waals surface area contributed by atoms with E-state index in [4.69, 9.17) is 5.73 Å². The van der Waals surface area contributed by atoms with Gasteiger partial charge in [-0.05, 0) is 24.1 Å². The van der Waals surface area contributed by atoms with Crippen LogP contribution < -0.4 is 11.1 Å². The molecule has 0 saturated heterocycles. The molecule has 3 N–H and O–H groups in total. The van der Waals surface area contributed by atoms with Crippen LogP contribution in [0.1, 0.15) is 15.9 Å². The van der Waals surface area contributed by atoms with Crippen LogP contribution in [0.3, 0.4) is 0 Å². The smallest absolute Gasteiger partial charge is 0.340 e. The lowest BCUT2D eigenvalue weighted by Gasteiger charge is -2.11. The van der Waals surface area contributed by atoms with Crippen molar-refractivity contribution in [2.75, 3.05) is 24.7 Å². The van der Waals surface area contributed by atoms with Crippen molar-refractivity contribution in [3.05, 3.63) is 53.5 Å². The molecule has 2 rings (SSSR count). The predicted molar refractivity (Wildman–Crippen MR) is 78.6 cm³/mol. The van der Waals surface area contributed by atoms with Gasteiger partial charge in [-0.2, -0.15) is 0 Å². The van der Waals surface area contributed by atoms with Gasteiger partial charge in [0.05, 0.1) is 18.4 Å². The van der Waals surface area contributed by atoms with Crippen LogP contribution >= 0.6 is 0 Å². The average molecular weight is 289 g/mol. The van der Waals surface area contributed by atoms with Gasteiger partial charge in [-0.1, -0.05) is 18.2 Å². The number of anilines is 2. The summed E-state index contributed by atoms with van der Waals surface area (Å²) in [6, 6.07) is 8.05. The third kappa shape index (κ3) is 3.47. The molecule has 0 radical (unpaired) electrons. The fourth-order valence-corrected chi connectivity index (χ4v) is 1.92. The molecule has 0 aliphatic heterocycles. The number of carbonyl (C=O) groups excluding carboxylic acids is 1. The van der Waals surface area contributed by atoms with Gasteiger partial charge < -0.3 is 15.8 Å². The largest absolute Gasteiger partial charge is 0.465 e. The van der Waals surface area contributed by atoms with Crippen LogP contribution in [0.5, 0.6) is 0 Å². The Morgan fingerprint density at radius 3 is 2.86 bits per heavy atom. The summed E-state index contributed by atoms with van der Waals surface area (Å²) in [5.74, 6) is -0.384. The number of aromatic nitrogens is 1. The maximum atomic E-state index is 13.5. The molecule has 0 bridgehead atoms. The quantitative estimate of drug-likeness (QED) is 0.825. The highest BCUT2D eigenvalue weighted by molar-refractivity contribution is 5.97. The van der Waals surface area contributed by atoms with Crippen molar-refractivity contribution < 1.29 is 13.9 Å². The van der Waals surface area contributed by atoms with Crippen LogP contribution in [0.4, 0.5) is 15.9 Å². The molecule has 1 aromatic heterocycles. The minimum Gasteiger partial charge on any atom is -0.465 e. The summed E-state index contributed by atoms with van der Waals surface area (Å²) in [4.78, 5) is 15.6. The summed E-state index contributed by atoms with van der Waals surface area (Å²) in [6.45, 7) is 0.447. The molecule has 0 saturated carbocycles. The Kier molecular flexibility index (Phi) is 4.71. The molecule has 0 aliphatic carbocycles.